The molecule has 0 spiro atoms. The summed E-state index contributed by atoms with van der Waals surface area (Å²) in [7, 11) is 2.78. The molecule has 0 aromatic rings. The van der Waals surface area contributed by atoms with Crippen LogP contribution in [0.1, 0.15) is 6.92 Å². The topological polar surface area (TPSA) is 52.6 Å². The van der Waals surface area contributed by atoms with Crippen LogP contribution >= 0.6 is 46.4 Å². The van der Waals surface area contributed by atoms with E-state index in [1.807, 2.05) is 0 Å². The highest BCUT2D eigenvalue weighted by Crippen LogP contribution is 2.98. The van der Waals surface area contributed by atoms with E-state index in [2.05, 4.69) is 0 Å². The summed E-state index contributed by atoms with van der Waals surface area (Å²) in [6, 6.07) is 0. The Hall–Kier alpha value is 0.420. The summed E-state index contributed by atoms with van der Waals surface area (Å²) in [5.41, 5.74) is -1.13. The Morgan fingerprint density at radius 2 is 1.45 bits per heavy atom. The van der Waals surface area contributed by atoms with Crippen molar-refractivity contribution in [2.75, 3.05) is 14.2 Å². The van der Waals surface area contributed by atoms with Gasteiger partial charge in [0.05, 0.1) is 23.2 Å². The van der Waals surface area contributed by atoms with Crippen molar-refractivity contribution in [3.63, 3.8) is 0 Å². The van der Waals surface area contributed by atoms with Crippen molar-refractivity contribution in [1.82, 2.24) is 0 Å². The minimum absolute atomic E-state index is 0.146. The molecule has 0 amide bonds. The molecule has 4 nitrogen and oxygen atoms in total. The second kappa shape index (κ2) is 3.13. The first kappa shape index (κ1) is 14.7. The van der Waals surface area contributed by atoms with Gasteiger partial charge in [-0.15, -0.1) is 46.4 Å². The predicted molar refractivity (Wildman–Crippen MR) is 79.7 cm³/mol. The van der Waals surface area contributed by atoms with Crippen molar-refractivity contribution < 1.29 is 19.1 Å². The molecular formula is C14H12Cl4O4. The summed E-state index contributed by atoms with van der Waals surface area (Å²) >= 11 is 27.8. The predicted octanol–water partition coefficient (Wildman–Crippen LogP) is 1.95. The third-order valence-corrected chi connectivity index (χ3v) is 11.0. The molecule has 8 unspecified atom stereocenters. The molecule has 2 bridgehead atoms. The Kier molecular flexibility index (Phi) is 2.10. The summed E-state index contributed by atoms with van der Waals surface area (Å²) in [6.45, 7) is 1.67. The lowest BCUT2D eigenvalue weighted by Gasteiger charge is -2.63. The maximum Gasteiger partial charge on any atom is 0.211 e. The van der Waals surface area contributed by atoms with Gasteiger partial charge in [0, 0.05) is 14.2 Å². The first-order valence-electron chi connectivity index (χ1n) is 6.99. The van der Waals surface area contributed by atoms with E-state index in [4.69, 9.17) is 55.9 Å². The Labute approximate surface area is 146 Å². The van der Waals surface area contributed by atoms with E-state index in [-0.39, 0.29) is 11.6 Å². The third-order valence-electron chi connectivity index (χ3n) is 7.33. The van der Waals surface area contributed by atoms with Crippen molar-refractivity contribution in [2.45, 2.75) is 32.2 Å². The number of hydrogen-bond acceptors (Lipinski definition) is 4. The molecule has 0 aliphatic heterocycles. The highest BCUT2D eigenvalue weighted by Gasteiger charge is 3.15. The molecule has 0 aromatic carbocycles. The van der Waals surface area contributed by atoms with Gasteiger partial charge in [-0.2, -0.15) is 0 Å². The van der Waals surface area contributed by atoms with E-state index in [1.165, 1.54) is 14.2 Å². The minimum Gasteiger partial charge on any atom is -0.350 e. The van der Waals surface area contributed by atoms with Crippen LogP contribution in [0.4, 0.5) is 0 Å². The van der Waals surface area contributed by atoms with Crippen LogP contribution in [0.2, 0.25) is 0 Å². The molecule has 5 saturated carbocycles. The maximum atomic E-state index is 13.0. The Balaban J connectivity index is 2.01. The molecule has 22 heavy (non-hydrogen) atoms. The fourth-order valence-corrected chi connectivity index (χ4v) is 10.3. The lowest BCUT2D eigenvalue weighted by Crippen LogP contribution is -2.78. The highest BCUT2D eigenvalue weighted by atomic mass is 35.5. The fourth-order valence-electron chi connectivity index (χ4n) is 6.90. The molecule has 5 rings (SSSR count). The zero-order chi connectivity index (χ0) is 16.3. The van der Waals surface area contributed by atoms with Crippen molar-refractivity contribution in [3.8, 4) is 0 Å². The number of carbonyl (C=O) groups excluding carboxylic acids is 2. The van der Waals surface area contributed by atoms with Crippen LogP contribution in [0.5, 0.6) is 0 Å². The van der Waals surface area contributed by atoms with Gasteiger partial charge in [0.25, 0.3) is 0 Å². The van der Waals surface area contributed by atoms with Crippen molar-refractivity contribution in [2.24, 2.45) is 23.2 Å². The molecule has 5 aliphatic carbocycles. The van der Waals surface area contributed by atoms with E-state index >= 15 is 0 Å². The van der Waals surface area contributed by atoms with Gasteiger partial charge in [0.1, 0.15) is 31.1 Å². The molecule has 8 heteroatoms. The van der Waals surface area contributed by atoms with Crippen LogP contribution in [-0.4, -0.2) is 51.1 Å². The van der Waals surface area contributed by atoms with Crippen molar-refractivity contribution in [3.05, 3.63) is 0 Å². The molecule has 0 N–H and O–H groups in total. The van der Waals surface area contributed by atoms with E-state index < -0.39 is 48.5 Å². The number of carbonyl (C=O) groups is 2. The SMILES string of the molecule is COC1(OC)C2(Cl)C3C(=O)C4C5(C)C(=O)C3C1(Cl)C5(Cl)C42Cl. The second-order valence-corrected chi connectivity index (χ2v) is 9.53. The largest absolute Gasteiger partial charge is 0.350 e. The number of ether oxygens (including phenoxy) is 2. The Morgan fingerprint density at radius 1 is 0.909 bits per heavy atom. The average molecular weight is 386 g/mol. The van der Waals surface area contributed by atoms with Gasteiger partial charge in [-0.05, 0) is 0 Å². The molecule has 5 fully saturated rings. The van der Waals surface area contributed by atoms with Gasteiger partial charge in [-0.25, -0.2) is 0 Å². The number of methoxy groups -OCH3 is 2. The van der Waals surface area contributed by atoms with E-state index in [9.17, 15) is 9.59 Å². The zero-order valence-electron chi connectivity index (χ0n) is 11.9. The van der Waals surface area contributed by atoms with Gasteiger partial charge in [0.2, 0.25) is 5.79 Å². The highest BCUT2D eigenvalue weighted by molar-refractivity contribution is 6.57. The van der Waals surface area contributed by atoms with E-state index in [0.29, 0.717) is 0 Å². The summed E-state index contributed by atoms with van der Waals surface area (Å²) < 4.78 is 11.3. The summed E-state index contributed by atoms with van der Waals surface area (Å²) in [6.07, 6.45) is 0. The van der Waals surface area contributed by atoms with E-state index in [0.717, 1.165) is 0 Å². The fraction of sp³-hybridized carbons (Fsp3) is 0.857. The number of Topliss-reactive ketones (excluding diaryl/α,β-unsaturated/α-hetero) is 2. The summed E-state index contributed by atoms with van der Waals surface area (Å²) in [5, 5.41) is 0. The molecule has 0 radical (unpaired) electrons. The van der Waals surface area contributed by atoms with Gasteiger partial charge in [0.15, 0.2) is 0 Å². The first-order valence-corrected chi connectivity index (χ1v) is 8.50. The van der Waals surface area contributed by atoms with Crippen LogP contribution < -0.4 is 0 Å². The van der Waals surface area contributed by atoms with Crippen LogP contribution in [0.3, 0.4) is 0 Å². The Morgan fingerprint density at radius 3 is 1.95 bits per heavy atom. The van der Waals surface area contributed by atoms with Crippen molar-refractivity contribution in [1.29, 1.82) is 0 Å². The maximum absolute atomic E-state index is 13.0. The standard InChI is InChI=1S/C14H12Cl4O4/c1-9-7-6(19)4-5(8(9)20)11(16)13(9,18)12(7,17)10(4,15)14(11,21-2)22-3/h4-5,7H,1-3H3. The lowest BCUT2D eigenvalue weighted by molar-refractivity contribution is -0.224. The number of rotatable bonds is 2. The van der Waals surface area contributed by atoms with Crippen LogP contribution in [0, 0.1) is 23.2 Å². The quantitative estimate of drug-likeness (QED) is 0.538. The molecule has 120 valence electrons. The lowest BCUT2D eigenvalue weighted by atomic mass is 9.48. The smallest absolute Gasteiger partial charge is 0.211 e. The monoisotopic (exact) mass is 384 g/mol. The second-order valence-electron chi connectivity index (χ2n) is 7.18. The molecule has 8 atom stereocenters. The molecule has 0 heterocycles. The van der Waals surface area contributed by atoms with Crippen LogP contribution in [-0.2, 0) is 19.1 Å². The van der Waals surface area contributed by atoms with Crippen LogP contribution in [0.25, 0.3) is 0 Å². The number of hydrogen-bond donors (Lipinski definition) is 0. The number of alkyl halides is 4. The van der Waals surface area contributed by atoms with Gasteiger partial charge < -0.3 is 9.47 Å². The van der Waals surface area contributed by atoms with Gasteiger partial charge in [-0.3, -0.25) is 9.59 Å². The summed E-state index contributed by atoms with van der Waals surface area (Å²) in [5.74, 6) is -4.32. The van der Waals surface area contributed by atoms with Crippen molar-refractivity contribution >= 4 is 58.0 Å². The minimum atomic E-state index is -1.60. The van der Waals surface area contributed by atoms with Gasteiger partial charge in [-0.1, -0.05) is 6.92 Å². The normalized spacial score (nSPS) is 68.2. The summed E-state index contributed by atoms with van der Waals surface area (Å²) in [4.78, 5) is 20.3. The third kappa shape index (κ3) is 0.680. The number of fused-ring (bicyclic) bond motifs is 2. The first-order chi connectivity index (χ1) is 10.1. The molecule has 5 aliphatic rings. The average Bonchev–Trinajstić information content (AvgIpc) is 2.77. The molecule has 0 aromatic heterocycles. The molecule has 0 saturated heterocycles. The van der Waals surface area contributed by atoms with Crippen LogP contribution in [0.15, 0.2) is 0 Å². The van der Waals surface area contributed by atoms with E-state index in [1.54, 1.807) is 6.92 Å². The number of halogens is 4. The number of ketones is 2. The zero-order valence-corrected chi connectivity index (χ0v) is 14.9. The molecular weight excluding hydrogens is 374 g/mol. The Bertz CT molecular complexity index is 709. The van der Waals surface area contributed by atoms with Gasteiger partial charge >= 0.3 is 0 Å².